The maximum Gasteiger partial charge on any atom is 0.223 e. The molecule has 0 saturated carbocycles. The summed E-state index contributed by atoms with van der Waals surface area (Å²) in [5.74, 6) is 0.717. The predicted octanol–water partition coefficient (Wildman–Crippen LogP) is 4.16. The Balaban J connectivity index is 0.000000224. The van der Waals surface area contributed by atoms with Gasteiger partial charge in [-0.15, -0.1) is 0 Å². The Morgan fingerprint density at radius 1 is 1.36 bits per heavy atom. The Bertz CT molecular complexity index is 537. The molecule has 120 valence electrons. The van der Waals surface area contributed by atoms with Gasteiger partial charge in [0.05, 0.1) is 29.1 Å². The number of likely N-dealkylation sites (tertiary alicyclic amines) is 1. The molecule has 1 aromatic carbocycles. The molecule has 1 heterocycles. The second-order valence-electron chi connectivity index (χ2n) is 5.10. The van der Waals surface area contributed by atoms with E-state index in [1.807, 2.05) is 4.90 Å². The van der Waals surface area contributed by atoms with Crippen molar-refractivity contribution in [3.05, 3.63) is 28.2 Å². The first-order chi connectivity index (χ1) is 10.5. The van der Waals surface area contributed by atoms with Gasteiger partial charge in [-0.05, 0) is 31.9 Å². The van der Waals surface area contributed by atoms with Crippen LogP contribution in [0.4, 0.5) is 0 Å². The quantitative estimate of drug-likeness (QED) is 0.828. The minimum absolute atomic E-state index is 0.140. The number of ether oxygens (including phenoxy) is 1. The highest BCUT2D eigenvalue weighted by Gasteiger charge is 2.19. The highest BCUT2D eigenvalue weighted by atomic mass is 35.5. The average Bonchev–Trinajstić information content (AvgIpc) is 3.05. The molecule has 1 atom stereocenters. The first-order valence-electron chi connectivity index (χ1n) is 7.14. The second kappa shape index (κ2) is 9.55. The van der Waals surface area contributed by atoms with Gasteiger partial charge in [-0.25, -0.2) is 0 Å². The van der Waals surface area contributed by atoms with Crippen LogP contribution in [0, 0.1) is 17.2 Å². The monoisotopic (exact) mass is 342 g/mol. The van der Waals surface area contributed by atoms with E-state index in [0.29, 0.717) is 16.5 Å². The summed E-state index contributed by atoms with van der Waals surface area (Å²) in [6.07, 6.45) is 2.62. The zero-order chi connectivity index (χ0) is 16.5. The van der Waals surface area contributed by atoms with Crippen LogP contribution in [0.2, 0.25) is 10.0 Å². The van der Waals surface area contributed by atoms with Gasteiger partial charge in [0.1, 0.15) is 5.75 Å². The van der Waals surface area contributed by atoms with Crippen LogP contribution in [0.5, 0.6) is 5.75 Å². The van der Waals surface area contributed by atoms with Crippen LogP contribution in [0.3, 0.4) is 0 Å². The van der Waals surface area contributed by atoms with E-state index in [-0.39, 0.29) is 11.8 Å². The van der Waals surface area contributed by atoms with Crippen LogP contribution in [0.15, 0.2) is 18.2 Å². The lowest BCUT2D eigenvalue weighted by atomic mass is 10.1. The zero-order valence-electron chi connectivity index (χ0n) is 12.8. The van der Waals surface area contributed by atoms with Gasteiger partial charge in [0.15, 0.2) is 0 Å². The lowest BCUT2D eigenvalue weighted by Crippen LogP contribution is -2.28. The van der Waals surface area contributed by atoms with Gasteiger partial charge < -0.3 is 9.64 Å². The molecule has 1 aromatic rings. The molecule has 0 N–H and O–H groups in total. The van der Waals surface area contributed by atoms with Crippen molar-refractivity contribution in [2.24, 2.45) is 5.92 Å². The highest BCUT2D eigenvalue weighted by Crippen LogP contribution is 2.25. The van der Waals surface area contributed by atoms with E-state index in [1.54, 1.807) is 32.2 Å². The Morgan fingerprint density at radius 2 is 2.00 bits per heavy atom. The van der Waals surface area contributed by atoms with Crippen LogP contribution >= 0.6 is 23.2 Å². The molecule has 1 aliphatic heterocycles. The zero-order valence-corrected chi connectivity index (χ0v) is 14.3. The van der Waals surface area contributed by atoms with E-state index in [2.05, 4.69) is 6.07 Å². The topological polar surface area (TPSA) is 53.3 Å². The molecule has 0 bridgehead atoms. The molecule has 1 saturated heterocycles. The molecular formula is C16H20Cl2N2O2. The van der Waals surface area contributed by atoms with Crippen molar-refractivity contribution in [1.29, 1.82) is 5.26 Å². The maximum absolute atomic E-state index is 11.4. The number of rotatable bonds is 3. The largest absolute Gasteiger partial charge is 0.497 e. The molecule has 0 radical (unpaired) electrons. The molecule has 0 spiro atoms. The molecule has 22 heavy (non-hydrogen) atoms. The fraction of sp³-hybridized carbons (Fsp3) is 0.500. The number of nitriles is 1. The number of methoxy groups -OCH3 is 1. The summed E-state index contributed by atoms with van der Waals surface area (Å²) in [6, 6.07) is 7.20. The number of hydrogen-bond donors (Lipinski definition) is 0. The Morgan fingerprint density at radius 3 is 2.50 bits per heavy atom. The van der Waals surface area contributed by atoms with E-state index in [4.69, 9.17) is 33.2 Å². The average molecular weight is 343 g/mol. The van der Waals surface area contributed by atoms with Crippen LogP contribution < -0.4 is 4.74 Å². The van der Waals surface area contributed by atoms with E-state index < -0.39 is 0 Å². The van der Waals surface area contributed by atoms with Crippen LogP contribution in [-0.2, 0) is 4.79 Å². The number of hydrogen-bond acceptors (Lipinski definition) is 3. The molecule has 0 aliphatic carbocycles. The summed E-state index contributed by atoms with van der Waals surface area (Å²) in [7, 11) is 1.58. The Kier molecular flexibility index (Phi) is 8.08. The molecule has 1 amide bonds. The second-order valence-corrected chi connectivity index (χ2v) is 5.92. The smallest absolute Gasteiger partial charge is 0.223 e. The van der Waals surface area contributed by atoms with Gasteiger partial charge in [-0.2, -0.15) is 5.26 Å². The first-order valence-corrected chi connectivity index (χ1v) is 7.90. The maximum atomic E-state index is 11.4. The third kappa shape index (κ3) is 6.13. The molecule has 6 heteroatoms. The third-order valence-electron chi connectivity index (χ3n) is 3.29. The lowest BCUT2D eigenvalue weighted by molar-refractivity contribution is -0.130. The number of nitrogens with zero attached hydrogens (tertiary/aromatic N) is 2. The van der Waals surface area contributed by atoms with Gasteiger partial charge in [0, 0.05) is 25.6 Å². The van der Waals surface area contributed by atoms with Gasteiger partial charge in [-0.1, -0.05) is 23.2 Å². The van der Waals surface area contributed by atoms with Gasteiger partial charge in [0.2, 0.25) is 5.91 Å². The SMILES string of the molecule is CC(C#N)CC(=O)N1CCCC1.COc1ccc(Cl)c(Cl)c1. The number of halogens is 2. The minimum atomic E-state index is -0.141. The normalized spacial score (nSPS) is 14.6. The summed E-state index contributed by atoms with van der Waals surface area (Å²) >= 11 is 11.3. The fourth-order valence-electron chi connectivity index (χ4n) is 2.01. The molecule has 2 rings (SSSR count). The first kappa shape index (κ1) is 18.6. The molecule has 4 nitrogen and oxygen atoms in total. The highest BCUT2D eigenvalue weighted by molar-refractivity contribution is 6.42. The lowest BCUT2D eigenvalue weighted by Gasteiger charge is -2.15. The van der Waals surface area contributed by atoms with E-state index in [1.165, 1.54) is 0 Å². The summed E-state index contributed by atoms with van der Waals surface area (Å²) in [4.78, 5) is 13.2. The fourth-order valence-corrected chi connectivity index (χ4v) is 2.30. The minimum Gasteiger partial charge on any atom is -0.497 e. The summed E-state index contributed by atoms with van der Waals surface area (Å²) in [5, 5.41) is 9.56. The van der Waals surface area contributed by atoms with Crippen molar-refractivity contribution in [1.82, 2.24) is 4.90 Å². The van der Waals surface area contributed by atoms with Gasteiger partial charge in [-0.3, -0.25) is 4.79 Å². The summed E-state index contributed by atoms with van der Waals surface area (Å²) in [5.41, 5.74) is 0. The molecule has 0 aromatic heterocycles. The van der Waals surface area contributed by atoms with Crippen molar-refractivity contribution in [3.8, 4) is 11.8 Å². The molecule has 1 unspecified atom stereocenters. The standard InChI is InChI=1S/C9H14N2O.C7H6Cl2O/c1-8(7-10)6-9(12)11-4-2-3-5-11;1-10-5-2-3-6(8)7(9)4-5/h8H,2-6H2,1H3;2-4H,1H3. The molecule has 1 aliphatic rings. The van der Waals surface area contributed by atoms with Crippen molar-refractivity contribution in [3.63, 3.8) is 0 Å². The van der Waals surface area contributed by atoms with Crippen LogP contribution in [0.1, 0.15) is 26.2 Å². The summed E-state index contributed by atoms with van der Waals surface area (Å²) < 4.78 is 4.91. The molecular weight excluding hydrogens is 323 g/mol. The van der Waals surface area contributed by atoms with Crippen molar-refractivity contribution < 1.29 is 9.53 Å². The summed E-state index contributed by atoms with van der Waals surface area (Å²) in [6.45, 7) is 3.56. The Labute approximate surface area is 141 Å². The van der Waals surface area contributed by atoms with Gasteiger partial charge in [0.25, 0.3) is 0 Å². The number of carbonyl (C=O) groups is 1. The third-order valence-corrected chi connectivity index (χ3v) is 4.03. The van der Waals surface area contributed by atoms with E-state index in [9.17, 15) is 4.79 Å². The van der Waals surface area contributed by atoms with E-state index >= 15 is 0 Å². The molecule has 1 fully saturated rings. The van der Waals surface area contributed by atoms with E-state index in [0.717, 1.165) is 31.7 Å². The number of amides is 1. The Hall–Kier alpha value is -1.44. The van der Waals surface area contributed by atoms with Crippen LogP contribution in [-0.4, -0.2) is 31.0 Å². The van der Waals surface area contributed by atoms with Crippen molar-refractivity contribution in [2.45, 2.75) is 26.2 Å². The van der Waals surface area contributed by atoms with Crippen LogP contribution in [0.25, 0.3) is 0 Å². The van der Waals surface area contributed by atoms with Crippen molar-refractivity contribution in [2.75, 3.05) is 20.2 Å². The van der Waals surface area contributed by atoms with Crippen molar-refractivity contribution >= 4 is 29.1 Å². The van der Waals surface area contributed by atoms with Gasteiger partial charge >= 0.3 is 0 Å². The number of carbonyl (C=O) groups excluding carboxylic acids is 1. The predicted molar refractivity (Wildman–Crippen MR) is 88.2 cm³/mol. The number of benzene rings is 1.